The Bertz CT molecular complexity index is 311. The molecule has 3 rings (SSSR count). The van der Waals surface area contributed by atoms with Crippen molar-refractivity contribution in [2.75, 3.05) is 6.61 Å². The van der Waals surface area contributed by atoms with E-state index in [0.717, 1.165) is 24.6 Å². The van der Waals surface area contributed by atoms with E-state index in [1.54, 1.807) is 0 Å². The molecule has 0 aromatic rings. The highest BCUT2D eigenvalue weighted by atomic mass is 16.5. The normalized spacial score (nSPS) is 39.9. The van der Waals surface area contributed by atoms with Crippen LogP contribution in [0.5, 0.6) is 0 Å². The standard InChI is InChI=1S/C18H33NO/c1-3-14-8-7-9-15(12-14)19-16-13-17(20-4-2)18(16)10-5-6-11-18/h14-17,19H,3-13H2,1-2H3. The zero-order chi connectivity index (χ0) is 14.0. The average Bonchev–Trinajstić information content (AvgIpc) is 2.99. The van der Waals surface area contributed by atoms with Gasteiger partial charge in [-0.3, -0.25) is 0 Å². The summed E-state index contributed by atoms with van der Waals surface area (Å²) in [6.07, 6.45) is 14.6. The summed E-state index contributed by atoms with van der Waals surface area (Å²) in [6, 6.07) is 1.54. The van der Waals surface area contributed by atoms with Gasteiger partial charge in [0.15, 0.2) is 0 Å². The Balaban J connectivity index is 1.57. The van der Waals surface area contributed by atoms with Gasteiger partial charge in [0.25, 0.3) is 0 Å². The van der Waals surface area contributed by atoms with E-state index in [1.165, 1.54) is 64.2 Å². The van der Waals surface area contributed by atoms with Gasteiger partial charge in [-0.2, -0.15) is 0 Å². The molecule has 3 saturated carbocycles. The van der Waals surface area contributed by atoms with E-state index in [4.69, 9.17) is 4.74 Å². The molecule has 3 aliphatic rings. The van der Waals surface area contributed by atoms with Crippen LogP contribution in [0.1, 0.15) is 78.1 Å². The van der Waals surface area contributed by atoms with Gasteiger partial charge in [-0.25, -0.2) is 0 Å². The Morgan fingerprint density at radius 2 is 1.85 bits per heavy atom. The number of nitrogens with one attached hydrogen (secondary N) is 1. The van der Waals surface area contributed by atoms with Crippen LogP contribution in [0.3, 0.4) is 0 Å². The summed E-state index contributed by atoms with van der Waals surface area (Å²) in [5.41, 5.74) is 0.509. The van der Waals surface area contributed by atoms with Crippen LogP contribution >= 0.6 is 0 Å². The van der Waals surface area contributed by atoms with Crippen molar-refractivity contribution in [3.8, 4) is 0 Å². The van der Waals surface area contributed by atoms with Gasteiger partial charge in [0.1, 0.15) is 0 Å². The Morgan fingerprint density at radius 1 is 1.05 bits per heavy atom. The second kappa shape index (κ2) is 6.36. The monoisotopic (exact) mass is 279 g/mol. The molecule has 2 nitrogen and oxygen atoms in total. The Hall–Kier alpha value is -0.0800. The van der Waals surface area contributed by atoms with Crippen LogP contribution in [0.4, 0.5) is 0 Å². The van der Waals surface area contributed by atoms with Gasteiger partial charge in [-0.05, 0) is 44.9 Å². The molecular formula is C18H33NO. The molecule has 0 bridgehead atoms. The first kappa shape index (κ1) is 14.8. The molecule has 1 spiro atoms. The first-order valence-electron chi connectivity index (χ1n) is 9.16. The maximum atomic E-state index is 6.04. The van der Waals surface area contributed by atoms with Crippen molar-refractivity contribution < 1.29 is 4.74 Å². The molecule has 116 valence electrons. The van der Waals surface area contributed by atoms with Gasteiger partial charge in [0, 0.05) is 24.1 Å². The number of ether oxygens (including phenoxy) is 1. The molecule has 3 fully saturated rings. The predicted molar refractivity (Wildman–Crippen MR) is 83.9 cm³/mol. The second-order valence-electron chi connectivity index (χ2n) is 7.48. The fourth-order valence-corrected chi connectivity index (χ4v) is 5.22. The third-order valence-electron chi connectivity index (χ3n) is 6.48. The zero-order valence-corrected chi connectivity index (χ0v) is 13.5. The molecule has 0 saturated heterocycles. The third kappa shape index (κ3) is 2.66. The van der Waals surface area contributed by atoms with Gasteiger partial charge in [-0.1, -0.05) is 39.0 Å². The topological polar surface area (TPSA) is 21.3 Å². The van der Waals surface area contributed by atoms with Crippen LogP contribution in [0, 0.1) is 11.3 Å². The Kier molecular flexibility index (Phi) is 4.72. The van der Waals surface area contributed by atoms with Crippen molar-refractivity contribution in [2.45, 2.75) is 96.2 Å². The van der Waals surface area contributed by atoms with Crippen molar-refractivity contribution in [1.29, 1.82) is 0 Å². The molecule has 4 atom stereocenters. The van der Waals surface area contributed by atoms with Crippen molar-refractivity contribution in [3.05, 3.63) is 0 Å². The third-order valence-corrected chi connectivity index (χ3v) is 6.48. The minimum absolute atomic E-state index is 0.509. The molecule has 1 N–H and O–H groups in total. The van der Waals surface area contributed by atoms with Gasteiger partial charge in [0.2, 0.25) is 0 Å². The van der Waals surface area contributed by atoms with Gasteiger partial charge in [0.05, 0.1) is 6.10 Å². The SMILES string of the molecule is CCOC1CC(NC2CCCC(CC)C2)C12CCCC2. The summed E-state index contributed by atoms with van der Waals surface area (Å²) in [7, 11) is 0. The summed E-state index contributed by atoms with van der Waals surface area (Å²) in [6.45, 7) is 5.40. The van der Waals surface area contributed by atoms with Crippen molar-refractivity contribution in [2.24, 2.45) is 11.3 Å². The lowest BCUT2D eigenvalue weighted by atomic mass is 9.60. The lowest BCUT2D eigenvalue weighted by Gasteiger charge is -2.55. The second-order valence-corrected chi connectivity index (χ2v) is 7.48. The first-order valence-corrected chi connectivity index (χ1v) is 9.16. The minimum atomic E-state index is 0.509. The van der Waals surface area contributed by atoms with Crippen molar-refractivity contribution >= 4 is 0 Å². The quantitative estimate of drug-likeness (QED) is 0.811. The zero-order valence-electron chi connectivity index (χ0n) is 13.5. The summed E-state index contributed by atoms with van der Waals surface area (Å²) >= 11 is 0. The predicted octanol–water partition coefficient (Wildman–Crippen LogP) is 4.28. The van der Waals surface area contributed by atoms with Crippen molar-refractivity contribution in [1.82, 2.24) is 5.32 Å². The number of hydrogen-bond acceptors (Lipinski definition) is 2. The van der Waals surface area contributed by atoms with E-state index in [2.05, 4.69) is 19.2 Å². The highest BCUT2D eigenvalue weighted by Crippen LogP contribution is 2.55. The van der Waals surface area contributed by atoms with E-state index in [0.29, 0.717) is 11.5 Å². The number of rotatable bonds is 5. The molecule has 20 heavy (non-hydrogen) atoms. The van der Waals surface area contributed by atoms with Crippen LogP contribution in [-0.2, 0) is 4.74 Å². The molecule has 0 amide bonds. The van der Waals surface area contributed by atoms with Crippen LogP contribution in [-0.4, -0.2) is 24.8 Å². The fourth-order valence-electron chi connectivity index (χ4n) is 5.22. The molecule has 3 aliphatic carbocycles. The average molecular weight is 279 g/mol. The lowest BCUT2D eigenvalue weighted by Crippen LogP contribution is -2.64. The number of hydrogen-bond donors (Lipinski definition) is 1. The van der Waals surface area contributed by atoms with E-state index in [9.17, 15) is 0 Å². The molecule has 0 radical (unpaired) electrons. The van der Waals surface area contributed by atoms with E-state index in [-0.39, 0.29) is 0 Å². The molecule has 2 heteroatoms. The lowest BCUT2D eigenvalue weighted by molar-refractivity contribution is -0.133. The summed E-state index contributed by atoms with van der Waals surface area (Å²) in [5.74, 6) is 0.976. The van der Waals surface area contributed by atoms with Crippen molar-refractivity contribution in [3.63, 3.8) is 0 Å². The smallest absolute Gasteiger partial charge is 0.0661 e. The molecule has 0 aliphatic heterocycles. The fraction of sp³-hybridized carbons (Fsp3) is 1.00. The molecule has 0 aromatic heterocycles. The Labute approximate surface area is 125 Å². The van der Waals surface area contributed by atoms with Crippen LogP contribution in [0.25, 0.3) is 0 Å². The van der Waals surface area contributed by atoms with E-state index >= 15 is 0 Å². The van der Waals surface area contributed by atoms with Crippen LogP contribution in [0.2, 0.25) is 0 Å². The maximum absolute atomic E-state index is 6.04. The van der Waals surface area contributed by atoms with E-state index in [1.807, 2.05) is 0 Å². The molecule has 0 heterocycles. The highest BCUT2D eigenvalue weighted by molar-refractivity contribution is 5.10. The maximum Gasteiger partial charge on any atom is 0.0661 e. The van der Waals surface area contributed by atoms with Gasteiger partial charge >= 0.3 is 0 Å². The van der Waals surface area contributed by atoms with Crippen LogP contribution in [0.15, 0.2) is 0 Å². The Morgan fingerprint density at radius 3 is 2.55 bits per heavy atom. The minimum Gasteiger partial charge on any atom is -0.378 e. The molecule has 0 aromatic carbocycles. The molecular weight excluding hydrogens is 246 g/mol. The summed E-state index contributed by atoms with van der Waals surface area (Å²) < 4.78 is 6.04. The van der Waals surface area contributed by atoms with E-state index < -0.39 is 0 Å². The van der Waals surface area contributed by atoms with Crippen LogP contribution < -0.4 is 5.32 Å². The van der Waals surface area contributed by atoms with Gasteiger partial charge < -0.3 is 10.1 Å². The highest BCUT2D eigenvalue weighted by Gasteiger charge is 2.56. The first-order chi connectivity index (χ1) is 9.78. The summed E-state index contributed by atoms with van der Waals surface area (Å²) in [5, 5.41) is 4.06. The van der Waals surface area contributed by atoms with Gasteiger partial charge in [-0.15, -0.1) is 0 Å². The summed E-state index contributed by atoms with van der Waals surface area (Å²) in [4.78, 5) is 0. The molecule has 4 unspecified atom stereocenters. The largest absolute Gasteiger partial charge is 0.378 e.